The SMILES string of the molecule is CCCCC(CC(=O)O)n1c(=O)n(Cc2cn(C)c3cc(C)cc(C)c23)c2ccc(N)cc21. The summed E-state index contributed by atoms with van der Waals surface area (Å²) in [5, 5.41) is 10.7. The number of nitrogens with two attached hydrogens (primary N) is 1. The smallest absolute Gasteiger partial charge is 0.329 e. The summed E-state index contributed by atoms with van der Waals surface area (Å²) in [4.78, 5) is 25.4. The number of aliphatic carboxylic acids is 1. The Morgan fingerprint density at radius 1 is 1.12 bits per heavy atom. The number of hydrogen-bond acceptors (Lipinski definition) is 3. The van der Waals surface area contributed by atoms with Gasteiger partial charge in [0.2, 0.25) is 0 Å². The number of aryl methyl sites for hydroxylation is 3. The van der Waals surface area contributed by atoms with Crippen molar-refractivity contribution in [1.82, 2.24) is 13.7 Å². The second-order valence-corrected chi connectivity index (χ2v) is 9.12. The molecule has 7 heteroatoms. The molecule has 2 heterocycles. The number of nitrogens with zero attached hydrogens (tertiary/aromatic N) is 3. The minimum Gasteiger partial charge on any atom is -0.481 e. The molecule has 4 aromatic rings. The number of carboxylic acid groups (broad SMARTS) is 1. The molecule has 174 valence electrons. The van der Waals surface area contributed by atoms with Gasteiger partial charge < -0.3 is 15.4 Å². The largest absolute Gasteiger partial charge is 0.481 e. The van der Waals surface area contributed by atoms with Crippen molar-refractivity contribution in [2.24, 2.45) is 7.05 Å². The summed E-state index contributed by atoms with van der Waals surface area (Å²) in [6.45, 7) is 6.65. The van der Waals surface area contributed by atoms with Crippen LogP contribution in [-0.4, -0.2) is 24.8 Å². The highest BCUT2D eigenvalue weighted by atomic mass is 16.4. The number of hydrogen-bond donors (Lipinski definition) is 2. The van der Waals surface area contributed by atoms with Gasteiger partial charge in [0, 0.05) is 35.9 Å². The van der Waals surface area contributed by atoms with Crippen LogP contribution in [0.15, 0.2) is 41.3 Å². The maximum Gasteiger partial charge on any atom is 0.329 e. The quantitative estimate of drug-likeness (QED) is 0.380. The summed E-state index contributed by atoms with van der Waals surface area (Å²) in [6.07, 6.45) is 4.39. The van der Waals surface area contributed by atoms with Crippen LogP contribution < -0.4 is 11.4 Å². The predicted molar refractivity (Wildman–Crippen MR) is 133 cm³/mol. The van der Waals surface area contributed by atoms with Gasteiger partial charge in [-0.1, -0.05) is 25.8 Å². The summed E-state index contributed by atoms with van der Waals surface area (Å²) in [7, 11) is 2.02. The third-order valence-electron chi connectivity index (χ3n) is 6.49. The Morgan fingerprint density at radius 2 is 1.88 bits per heavy atom. The van der Waals surface area contributed by atoms with Crippen LogP contribution in [0.4, 0.5) is 5.69 Å². The van der Waals surface area contributed by atoms with E-state index in [0.29, 0.717) is 24.2 Å². The zero-order valence-corrected chi connectivity index (χ0v) is 19.8. The van der Waals surface area contributed by atoms with Gasteiger partial charge in [0.15, 0.2) is 0 Å². The molecule has 0 saturated carbocycles. The lowest BCUT2D eigenvalue weighted by atomic mass is 10.0. The van der Waals surface area contributed by atoms with E-state index in [0.717, 1.165) is 34.8 Å². The molecule has 1 unspecified atom stereocenters. The van der Waals surface area contributed by atoms with Crippen LogP contribution in [0.2, 0.25) is 0 Å². The number of imidazole rings is 1. The monoisotopic (exact) mass is 448 g/mol. The van der Waals surface area contributed by atoms with Gasteiger partial charge in [0.05, 0.1) is 24.0 Å². The minimum atomic E-state index is -0.909. The van der Waals surface area contributed by atoms with Crippen molar-refractivity contribution >= 4 is 33.6 Å². The third-order valence-corrected chi connectivity index (χ3v) is 6.49. The van der Waals surface area contributed by atoms with Crippen LogP contribution >= 0.6 is 0 Å². The number of unbranched alkanes of at least 4 members (excludes halogenated alkanes) is 1. The Bertz CT molecular complexity index is 1410. The predicted octanol–water partition coefficient (Wildman–Crippen LogP) is 4.75. The van der Waals surface area contributed by atoms with Crippen molar-refractivity contribution in [2.45, 2.75) is 59.0 Å². The van der Waals surface area contributed by atoms with Gasteiger partial charge in [-0.25, -0.2) is 4.79 Å². The number of anilines is 1. The molecule has 4 rings (SSSR count). The fraction of sp³-hybridized carbons (Fsp3) is 0.385. The van der Waals surface area contributed by atoms with Gasteiger partial charge in [-0.15, -0.1) is 0 Å². The van der Waals surface area contributed by atoms with E-state index >= 15 is 0 Å². The first-order chi connectivity index (χ1) is 15.7. The van der Waals surface area contributed by atoms with E-state index in [-0.39, 0.29) is 12.1 Å². The van der Waals surface area contributed by atoms with E-state index in [2.05, 4.69) is 43.7 Å². The summed E-state index contributed by atoms with van der Waals surface area (Å²) < 4.78 is 5.50. The standard InChI is InChI=1S/C26H32N4O3/c1-5-6-7-20(13-24(31)32)30-22-12-19(27)8-9-21(22)29(26(30)33)15-18-14-28(4)23-11-16(2)10-17(3)25(18)23/h8-12,14,20H,5-7,13,15,27H2,1-4H3,(H,31,32). The average molecular weight is 449 g/mol. The van der Waals surface area contributed by atoms with E-state index in [1.807, 2.05) is 13.1 Å². The molecule has 1 atom stereocenters. The van der Waals surface area contributed by atoms with E-state index in [1.54, 1.807) is 21.3 Å². The molecule has 0 spiro atoms. The number of aromatic nitrogens is 3. The normalized spacial score (nSPS) is 12.6. The zero-order chi connectivity index (χ0) is 23.9. The van der Waals surface area contributed by atoms with Crippen LogP contribution in [0, 0.1) is 13.8 Å². The number of rotatable bonds is 8. The summed E-state index contributed by atoms with van der Waals surface area (Å²) in [5.41, 5.74) is 12.5. The second-order valence-electron chi connectivity index (χ2n) is 9.12. The van der Waals surface area contributed by atoms with Crippen molar-refractivity contribution in [1.29, 1.82) is 0 Å². The summed E-state index contributed by atoms with van der Waals surface area (Å²) in [5.74, 6) is -0.909. The fourth-order valence-corrected chi connectivity index (χ4v) is 5.07. The first kappa shape index (κ1) is 22.7. The van der Waals surface area contributed by atoms with Crippen molar-refractivity contribution in [3.63, 3.8) is 0 Å². The van der Waals surface area contributed by atoms with E-state index in [9.17, 15) is 14.7 Å². The first-order valence-corrected chi connectivity index (χ1v) is 11.5. The molecule has 33 heavy (non-hydrogen) atoms. The molecule has 0 saturated heterocycles. The molecule has 0 bridgehead atoms. The molecule has 0 aliphatic heterocycles. The van der Waals surface area contributed by atoms with Crippen molar-refractivity contribution in [2.75, 3.05) is 5.73 Å². The molecule has 0 aliphatic rings. The Labute approximate surface area is 193 Å². The van der Waals surface area contributed by atoms with Crippen molar-refractivity contribution in [3.05, 3.63) is 63.7 Å². The Hall–Kier alpha value is -3.48. The highest BCUT2D eigenvalue weighted by Gasteiger charge is 2.23. The van der Waals surface area contributed by atoms with Gasteiger partial charge >= 0.3 is 11.7 Å². The van der Waals surface area contributed by atoms with Crippen molar-refractivity contribution < 1.29 is 9.90 Å². The molecular formula is C26H32N4O3. The Kier molecular flexibility index (Phi) is 6.06. The van der Waals surface area contributed by atoms with Crippen LogP contribution in [0.25, 0.3) is 21.9 Å². The molecule has 0 aliphatic carbocycles. The average Bonchev–Trinajstić information content (AvgIpc) is 3.19. The third kappa shape index (κ3) is 4.15. The van der Waals surface area contributed by atoms with Gasteiger partial charge in [-0.2, -0.15) is 0 Å². The van der Waals surface area contributed by atoms with Crippen LogP contribution in [0.5, 0.6) is 0 Å². The zero-order valence-electron chi connectivity index (χ0n) is 19.8. The molecule has 2 aromatic heterocycles. The number of carboxylic acids is 1. The lowest BCUT2D eigenvalue weighted by molar-refractivity contribution is -0.137. The molecule has 2 aromatic carbocycles. The highest BCUT2D eigenvalue weighted by Crippen LogP contribution is 2.29. The van der Waals surface area contributed by atoms with Crippen LogP contribution in [0.1, 0.15) is 55.3 Å². The summed E-state index contributed by atoms with van der Waals surface area (Å²) >= 11 is 0. The van der Waals surface area contributed by atoms with E-state index in [1.165, 1.54) is 11.1 Å². The number of carbonyl (C=O) groups is 1. The van der Waals surface area contributed by atoms with Crippen LogP contribution in [0.3, 0.4) is 0 Å². The molecule has 3 N–H and O–H groups in total. The minimum absolute atomic E-state index is 0.0968. The Balaban J connectivity index is 1.91. The van der Waals surface area contributed by atoms with Gasteiger partial charge in [0.1, 0.15) is 0 Å². The maximum atomic E-state index is 13.8. The molecule has 0 radical (unpaired) electrons. The summed E-state index contributed by atoms with van der Waals surface area (Å²) in [6, 6.07) is 9.34. The van der Waals surface area contributed by atoms with Crippen molar-refractivity contribution in [3.8, 4) is 0 Å². The lowest BCUT2D eigenvalue weighted by Gasteiger charge is -2.16. The number of benzene rings is 2. The molecule has 0 fully saturated rings. The Morgan fingerprint density at radius 3 is 2.58 bits per heavy atom. The molecular weight excluding hydrogens is 416 g/mol. The van der Waals surface area contributed by atoms with Crippen LogP contribution in [-0.2, 0) is 18.4 Å². The fourth-order valence-electron chi connectivity index (χ4n) is 5.07. The lowest BCUT2D eigenvalue weighted by Crippen LogP contribution is -2.29. The topological polar surface area (TPSA) is 95.2 Å². The first-order valence-electron chi connectivity index (χ1n) is 11.5. The second kappa shape index (κ2) is 8.81. The molecule has 0 amide bonds. The molecule has 7 nitrogen and oxygen atoms in total. The number of nitrogen functional groups attached to an aromatic ring is 1. The van der Waals surface area contributed by atoms with E-state index < -0.39 is 12.0 Å². The van der Waals surface area contributed by atoms with Gasteiger partial charge in [0.25, 0.3) is 0 Å². The van der Waals surface area contributed by atoms with E-state index in [4.69, 9.17) is 5.73 Å². The maximum absolute atomic E-state index is 13.8. The number of fused-ring (bicyclic) bond motifs is 2. The van der Waals surface area contributed by atoms with Gasteiger partial charge in [-0.05, 0) is 61.2 Å². The highest BCUT2D eigenvalue weighted by molar-refractivity contribution is 5.88. The van der Waals surface area contributed by atoms with Gasteiger partial charge in [-0.3, -0.25) is 13.9 Å².